The van der Waals surface area contributed by atoms with Gasteiger partial charge in [0.1, 0.15) is 0 Å². The molecule has 4 nitrogen and oxygen atoms in total. The Bertz CT molecular complexity index is 677. The molecule has 0 heterocycles. The van der Waals surface area contributed by atoms with Crippen molar-refractivity contribution in [3.63, 3.8) is 0 Å². The summed E-state index contributed by atoms with van der Waals surface area (Å²) < 4.78 is 6.25. The number of nitrogens with zero attached hydrogens (tertiary/aromatic N) is 1. The van der Waals surface area contributed by atoms with Gasteiger partial charge in [0.15, 0.2) is 5.96 Å². The number of nitrogens with one attached hydrogen (secondary N) is 1. The summed E-state index contributed by atoms with van der Waals surface area (Å²) in [6.45, 7) is 3.14. The number of aryl methyl sites for hydroxylation is 1. The minimum atomic E-state index is 0. The van der Waals surface area contributed by atoms with Crippen LogP contribution in [-0.4, -0.2) is 13.1 Å². The molecule has 2 aromatic rings. The molecule has 2 rings (SSSR count). The Morgan fingerprint density at radius 3 is 2.65 bits per heavy atom. The van der Waals surface area contributed by atoms with E-state index in [1.54, 1.807) is 7.11 Å². The largest absolute Gasteiger partial charge is 0.380 e. The average molecular weight is 490 g/mol. The molecular weight excluding hydrogens is 469 g/mol. The van der Waals surface area contributed by atoms with Gasteiger partial charge in [-0.05, 0) is 36.2 Å². The molecule has 0 aromatic heterocycles. The smallest absolute Gasteiger partial charge is 0.193 e. The minimum absolute atomic E-state index is 0. The fraction of sp³-hybridized carbons (Fsp3) is 0.235. The van der Waals surface area contributed by atoms with E-state index in [-0.39, 0.29) is 24.0 Å². The molecule has 0 aliphatic carbocycles. The molecule has 0 aliphatic heterocycles. The monoisotopic (exact) mass is 489 g/mol. The average Bonchev–Trinajstić information content (AvgIpc) is 2.48. The van der Waals surface area contributed by atoms with Gasteiger partial charge in [-0.25, -0.2) is 4.99 Å². The molecule has 0 radical (unpaired) electrons. The summed E-state index contributed by atoms with van der Waals surface area (Å²) in [5.41, 5.74) is 10.3. The standard InChI is InChI=1S/C17H20BrN3O.HI/c1-12-9-15(18)8-7-13(12)10-20-17(19)21-16-6-4-3-5-14(16)11-22-2;/h3-9H,10-11H2,1-2H3,(H3,19,20,21);1H. The molecule has 0 unspecified atom stereocenters. The van der Waals surface area contributed by atoms with Crippen molar-refractivity contribution in [3.8, 4) is 0 Å². The second-order valence-electron chi connectivity index (χ2n) is 4.99. The number of hydrogen-bond acceptors (Lipinski definition) is 2. The summed E-state index contributed by atoms with van der Waals surface area (Å²) in [5.74, 6) is 0.394. The Kier molecular flexibility index (Phi) is 8.57. The van der Waals surface area contributed by atoms with Gasteiger partial charge in [-0.3, -0.25) is 0 Å². The van der Waals surface area contributed by atoms with Crippen molar-refractivity contribution in [3.05, 3.63) is 63.6 Å². The number of nitrogens with two attached hydrogens (primary N) is 1. The number of hydrogen-bond donors (Lipinski definition) is 2. The number of aliphatic imine (C=N–C) groups is 1. The van der Waals surface area contributed by atoms with E-state index in [1.807, 2.05) is 30.3 Å². The number of anilines is 1. The van der Waals surface area contributed by atoms with Gasteiger partial charge in [-0.15, -0.1) is 24.0 Å². The van der Waals surface area contributed by atoms with Crippen molar-refractivity contribution >= 4 is 51.6 Å². The highest BCUT2D eigenvalue weighted by atomic mass is 127. The van der Waals surface area contributed by atoms with Crippen LogP contribution in [0, 0.1) is 6.92 Å². The first-order chi connectivity index (χ1) is 10.6. The molecule has 124 valence electrons. The van der Waals surface area contributed by atoms with Gasteiger partial charge >= 0.3 is 0 Å². The fourth-order valence-electron chi connectivity index (χ4n) is 2.11. The van der Waals surface area contributed by atoms with Crippen LogP contribution in [0.25, 0.3) is 0 Å². The normalized spacial score (nSPS) is 11.0. The quantitative estimate of drug-likeness (QED) is 0.370. The van der Waals surface area contributed by atoms with Gasteiger partial charge in [-0.2, -0.15) is 0 Å². The number of methoxy groups -OCH3 is 1. The molecule has 0 amide bonds. The summed E-state index contributed by atoms with van der Waals surface area (Å²) in [5, 5.41) is 3.13. The predicted molar refractivity (Wildman–Crippen MR) is 110 cm³/mol. The van der Waals surface area contributed by atoms with Crippen LogP contribution < -0.4 is 11.1 Å². The van der Waals surface area contributed by atoms with E-state index in [9.17, 15) is 0 Å². The van der Waals surface area contributed by atoms with Gasteiger partial charge in [0.2, 0.25) is 0 Å². The Hall–Kier alpha value is -1.12. The highest BCUT2D eigenvalue weighted by Crippen LogP contribution is 2.17. The van der Waals surface area contributed by atoms with E-state index in [4.69, 9.17) is 10.5 Å². The van der Waals surface area contributed by atoms with E-state index in [0.29, 0.717) is 19.1 Å². The Balaban J connectivity index is 0.00000264. The summed E-state index contributed by atoms with van der Waals surface area (Å²) in [7, 11) is 1.67. The van der Waals surface area contributed by atoms with Crippen molar-refractivity contribution in [2.75, 3.05) is 12.4 Å². The van der Waals surface area contributed by atoms with Crippen molar-refractivity contribution in [1.29, 1.82) is 0 Å². The second-order valence-corrected chi connectivity index (χ2v) is 5.90. The number of guanidine groups is 1. The van der Waals surface area contributed by atoms with Gasteiger partial charge in [0.05, 0.1) is 13.2 Å². The van der Waals surface area contributed by atoms with Crippen molar-refractivity contribution in [1.82, 2.24) is 0 Å². The lowest BCUT2D eigenvalue weighted by Gasteiger charge is -2.11. The molecule has 0 bridgehead atoms. The predicted octanol–water partition coefficient (Wildman–Crippen LogP) is 4.45. The van der Waals surface area contributed by atoms with Crippen molar-refractivity contribution in [2.45, 2.75) is 20.1 Å². The summed E-state index contributed by atoms with van der Waals surface area (Å²) in [6, 6.07) is 14.0. The zero-order valence-corrected chi connectivity index (χ0v) is 17.1. The molecule has 6 heteroatoms. The first-order valence-electron chi connectivity index (χ1n) is 6.99. The van der Waals surface area contributed by atoms with E-state index in [2.05, 4.69) is 45.3 Å². The number of ether oxygens (including phenoxy) is 1. The van der Waals surface area contributed by atoms with Crippen LogP contribution >= 0.6 is 39.9 Å². The van der Waals surface area contributed by atoms with Crippen LogP contribution in [0.15, 0.2) is 51.9 Å². The van der Waals surface area contributed by atoms with Gasteiger partial charge < -0.3 is 15.8 Å². The fourth-order valence-corrected chi connectivity index (χ4v) is 2.58. The molecule has 0 spiro atoms. The van der Waals surface area contributed by atoms with E-state index in [1.165, 1.54) is 5.56 Å². The molecule has 0 atom stereocenters. The molecule has 23 heavy (non-hydrogen) atoms. The second kappa shape index (κ2) is 9.89. The van der Waals surface area contributed by atoms with Crippen LogP contribution in [0.5, 0.6) is 0 Å². The lowest BCUT2D eigenvalue weighted by Crippen LogP contribution is -2.23. The lowest BCUT2D eigenvalue weighted by molar-refractivity contribution is 0.185. The van der Waals surface area contributed by atoms with Crippen molar-refractivity contribution in [2.24, 2.45) is 10.7 Å². The minimum Gasteiger partial charge on any atom is -0.380 e. The topological polar surface area (TPSA) is 59.6 Å². The number of benzene rings is 2. The summed E-state index contributed by atoms with van der Waals surface area (Å²) in [4.78, 5) is 4.41. The van der Waals surface area contributed by atoms with Crippen LogP contribution in [-0.2, 0) is 17.9 Å². The molecule has 0 aliphatic rings. The van der Waals surface area contributed by atoms with E-state index in [0.717, 1.165) is 21.3 Å². The maximum atomic E-state index is 5.99. The first-order valence-corrected chi connectivity index (χ1v) is 7.78. The highest BCUT2D eigenvalue weighted by Gasteiger charge is 2.03. The number of rotatable bonds is 5. The zero-order chi connectivity index (χ0) is 15.9. The van der Waals surface area contributed by atoms with Crippen molar-refractivity contribution < 1.29 is 4.74 Å². The van der Waals surface area contributed by atoms with E-state index >= 15 is 0 Å². The molecule has 0 saturated carbocycles. The van der Waals surface area contributed by atoms with Crippen LogP contribution in [0.1, 0.15) is 16.7 Å². The van der Waals surface area contributed by atoms with Crippen LogP contribution in [0.4, 0.5) is 5.69 Å². The first kappa shape index (κ1) is 19.9. The molecule has 2 aromatic carbocycles. The summed E-state index contributed by atoms with van der Waals surface area (Å²) >= 11 is 3.46. The maximum absolute atomic E-state index is 5.99. The Labute approximate surface area is 162 Å². The third kappa shape index (κ3) is 6.12. The zero-order valence-electron chi connectivity index (χ0n) is 13.2. The van der Waals surface area contributed by atoms with Crippen LogP contribution in [0.2, 0.25) is 0 Å². The van der Waals surface area contributed by atoms with Gasteiger partial charge in [-0.1, -0.05) is 40.2 Å². The van der Waals surface area contributed by atoms with Crippen LogP contribution in [0.3, 0.4) is 0 Å². The van der Waals surface area contributed by atoms with Gasteiger partial charge in [0.25, 0.3) is 0 Å². The third-order valence-electron chi connectivity index (χ3n) is 3.30. The molecule has 0 fully saturated rings. The third-order valence-corrected chi connectivity index (χ3v) is 3.80. The molecular formula is C17H21BrIN3O. The number of halogens is 2. The maximum Gasteiger partial charge on any atom is 0.193 e. The van der Waals surface area contributed by atoms with Gasteiger partial charge in [0, 0.05) is 22.8 Å². The number of para-hydroxylation sites is 1. The molecule has 0 saturated heterocycles. The Morgan fingerprint density at radius 1 is 1.22 bits per heavy atom. The SMILES string of the molecule is COCc1ccccc1NC(N)=NCc1ccc(Br)cc1C.I. The lowest BCUT2D eigenvalue weighted by atomic mass is 10.1. The Morgan fingerprint density at radius 2 is 1.96 bits per heavy atom. The summed E-state index contributed by atoms with van der Waals surface area (Å²) in [6.07, 6.45) is 0. The van der Waals surface area contributed by atoms with E-state index < -0.39 is 0 Å². The molecule has 3 N–H and O–H groups in total. The highest BCUT2D eigenvalue weighted by molar-refractivity contribution is 14.0.